The third kappa shape index (κ3) is 10.5. The van der Waals surface area contributed by atoms with E-state index in [1.165, 1.54) is 18.6 Å². The van der Waals surface area contributed by atoms with E-state index in [1.807, 2.05) is 18.8 Å². The van der Waals surface area contributed by atoms with Gasteiger partial charge in [-0.15, -0.1) is 0 Å². The standard InChI is InChI=1S/C12H28N4S/c1-5-16(3)10-9-15-12(13-2)14-8-6-7-11-17-4/h5-11H2,1-4H3,(H2,13,14,15). The van der Waals surface area contributed by atoms with E-state index < -0.39 is 0 Å². The fourth-order valence-corrected chi connectivity index (χ4v) is 1.81. The van der Waals surface area contributed by atoms with Crippen LogP contribution in [0, 0.1) is 0 Å². The van der Waals surface area contributed by atoms with Gasteiger partial charge in [0.05, 0.1) is 0 Å². The van der Waals surface area contributed by atoms with E-state index in [4.69, 9.17) is 0 Å². The maximum absolute atomic E-state index is 4.20. The van der Waals surface area contributed by atoms with Crippen LogP contribution >= 0.6 is 11.8 Å². The highest BCUT2D eigenvalue weighted by molar-refractivity contribution is 7.98. The molecular formula is C12H28N4S. The monoisotopic (exact) mass is 260 g/mol. The first kappa shape index (κ1) is 16.6. The molecular weight excluding hydrogens is 232 g/mol. The van der Waals surface area contributed by atoms with Crippen LogP contribution in [0.2, 0.25) is 0 Å². The van der Waals surface area contributed by atoms with Crippen LogP contribution in [0.5, 0.6) is 0 Å². The maximum Gasteiger partial charge on any atom is 0.191 e. The van der Waals surface area contributed by atoms with Crippen LogP contribution in [0.4, 0.5) is 0 Å². The van der Waals surface area contributed by atoms with Crippen molar-refractivity contribution in [2.75, 3.05) is 52.3 Å². The Bertz CT molecular complexity index is 197. The first-order valence-corrected chi connectivity index (χ1v) is 7.76. The largest absolute Gasteiger partial charge is 0.356 e. The summed E-state index contributed by atoms with van der Waals surface area (Å²) in [5.41, 5.74) is 0. The Morgan fingerprint density at radius 1 is 1.24 bits per heavy atom. The highest BCUT2D eigenvalue weighted by atomic mass is 32.2. The third-order valence-electron chi connectivity index (χ3n) is 2.62. The topological polar surface area (TPSA) is 39.7 Å². The van der Waals surface area contributed by atoms with E-state index in [2.05, 4.69) is 40.8 Å². The van der Waals surface area contributed by atoms with Gasteiger partial charge in [-0.1, -0.05) is 6.92 Å². The van der Waals surface area contributed by atoms with E-state index in [0.29, 0.717) is 0 Å². The molecule has 0 saturated heterocycles. The molecule has 0 aromatic heterocycles. The Morgan fingerprint density at radius 3 is 2.53 bits per heavy atom. The second kappa shape index (κ2) is 12.0. The second-order valence-corrected chi connectivity index (χ2v) is 5.01. The summed E-state index contributed by atoms with van der Waals surface area (Å²) in [5, 5.41) is 6.65. The molecule has 0 spiro atoms. The summed E-state index contributed by atoms with van der Waals surface area (Å²) in [7, 11) is 3.95. The minimum Gasteiger partial charge on any atom is -0.356 e. The summed E-state index contributed by atoms with van der Waals surface area (Å²) < 4.78 is 0. The molecule has 0 unspecified atom stereocenters. The molecule has 0 rings (SSSR count). The molecule has 0 radical (unpaired) electrons. The number of nitrogens with one attached hydrogen (secondary N) is 2. The average Bonchev–Trinajstić information content (AvgIpc) is 2.36. The van der Waals surface area contributed by atoms with Crippen molar-refractivity contribution >= 4 is 17.7 Å². The normalized spacial score (nSPS) is 11.9. The fourth-order valence-electron chi connectivity index (χ4n) is 1.32. The van der Waals surface area contributed by atoms with Crippen LogP contribution in [0.15, 0.2) is 4.99 Å². The summed E-state index contributed by atoms with van der Waals surface area (Å²) >= 11 is 1.91. The molecule has 0 amide bonds. The van der Waals surface area contributed by atoms with Crippen LogP contribution in [-0.4, -0.2) is 63.1 Å². The summed E-state index contributed by atoms with van der Waals surface area (Å²) in [6.07, 6.45) is 4.62. The molecule has 0 aliphatic carbocycles. The van der Waals surface area contributed by atoms with Crippen LogP contribution in [-0.2, 0) is 0 Å². The predicted molar refractivity (Wildman–Crippen MR) is 80.2 cm³/mol. The lowest BCUT2D eigenvalue weighted by Gasteiger charge is -2.16. The molecule has 0 aromatic carbocycles. The van der Waals surface area contributed by atoms with Crippen molar-refractivity contribution in [3.63, 3.8) is 0 Å². The highest BCUT2D eigenvalue weighted by Crippen LogP contribution is 1.97. The molecule has 0 aromatic rings. The van der Waals surface area contributed by atoms with Gasteiger partial charge in [0.15, 0.2) is 5.96 Å². The predicted octanol–water partition coefficient (Wildman–Crippen LogP) is 1.25. The number of likely N-dealkylation sites (N-methyl/N-ethyl adjacent to an activating group) is 1. The minimum atomic E-state index is 0.915. The smallest absolute Gasteiger partial charge is 0.191 e. The molecule has 0 saturated carbocycles. The van der Waals surface area contributed by atoms with E-state index in [9.17, 15) is 0 Å². The number of rotatable bonds is 9. The fraction of sp³-hybridized carbons (Fsp3) is 0.917. The van der Waals surface area contributed by atoms with Crippen molar-refractivity contribution in [2.45, 2.75) is 19.8 Å². The number of nitrogens with zero attached hydrogens (tertiary/aromatic N) is 2. The van der Waals surface area contributed by atoms with Gasteiger partial charge in [0.2, 0.25) is 0 Å². The molecule has 0 aliphatic heterocycles. The molecule has 102 valence electrons. The molecule has 0 aliphatic rings. The van der Waals surface area contributed by atoms with E-state index in [1.54, 1.807) is 0 Å². The van der Waals surface area contributed by atoms with E-state index in [-0.39, 0.29) is 0 Å². The van der Waals surface area contributed by atoms with Gasteiger partial charge in [0, 0.05) is 26.7 Å². The summed E-state index contributed by atoms with van der Waals surface area (Å²) in [5.74, 6) is 2.16. The zero-order chi connectivity index (χ0) is 12.9. The van der Waals surface area contributed by atoms with Crippen LogP contribution < -0.4 is 10.6 Å². The van der Waals surface area contributed by atoms with Gasteiger partial charge >= 0.3 is 0 Å². The summed E-state index contributed by atoms with van der Waals surface area (Å²) in [4.78, 5) is 6.48. The Balaban J connectivity index is 3.50. The van der Waals surface area contributed by atoms with E-state index >= 15 is 0 Å². The average molecular weight is 260 g/mol. The number of hydrogen-bond acceptors (Lipinski definition) is 3. The summed E-state index contributed by atoms with van der Waals surface area (Å²) in [6, 6.07) is 0. The van der Waals surface area contributed by atoms with Crippen molar-refractivity contribution in [1.29, 1.82) is 0 Å². The Labute approximate surface area is 111 Å². The van der Waals surface area contributed by atoms with Gasteiger partial charge in [0.25, 0.3) is 0 Å². The van der Waals surface area contributed by atoms with Crippen molar-refractivity contribution in [3.8, 4) is 0 Å². The molecule has 0 fully saturated rings. The Morgan fingerprint density at radius 2 is 1.94 bits per heavy atom. The Kier molecular flexibility index (Phi) is 11.8. The zero-order valence-electron chi connectivity index (χ0n) is 11.8. The van der Waals surface area contributed by atoms with Gasteiger partial charge < -0.3 is 15.5 Å². The first-order chi connectivity index (χ1) is 8.24. The zero-order valence-corrected chi connectivity index (χ0v) is 12.6. The van der Waals surface area contributed by atoms with Crippen LogP contribution in [0.25, 0.3) is 0 Å². The lowest BCUT2D eigenvalue weighted by atomic mass is 10.3. The highest BCUT2D eigenvalue weighted by Gasteiger charge is 1.98. The number of thioether (sulfide) groups is 1. The molecule has 0 bridgehead atoms. The van der Waals surface area contributed by atoms with Crippen molar-refractivity contribution < 1.29 is 0 Å². The Hall–Kier alpha value is -0.420. The first-order valence-electron chi connectivity index (χ1n) is 6.36. The maximum atomic E-state index is 4.20. The van der Waals surface area contributed by atoms with Crippen molar-refractivity contribution in [1.82, 2.24) is 15.5 Å². The lowest BCUT2D eigenvalue weighted by molar-refractivity contribution is 0.357. The van der Waals surface area contributed by atoms with Gasteiger partial charge in [-0.3, -0.25) is 4.99 Å². The number of unbranched alkanes of at least 4 members (excludes halogenated alkanes) is 1. The number of guanidine groups is 1. The number of hydrogen-bond donors (Lipinski definition) is 2. The van der Waals surface area contributed by atoms with Gasteiger partial charge in [-0.2, -0.15) is 11.8 Å². The summed E-state index contributed by atoms with van der Waals surface area (Å²) in [6.45, 7) is 6.24. The molecule has 5 heteroatoms. The molecule has 4 nitrogen and oxygen atoms in total. The van der Waals surface area contributed by atoms with Gasteiger partial charge in [-0.05, 0) is 38.4 Å². The van der Waals surface area contributed by atoms with Crippen LogP contribution in [0.3, 0.4) is 0 Å². The van der Waals surface area contributed by atoms with Crippen molar-refractivity contribution in [2.24, 2.45) is 4.99 Å². The lowest BCUT2D eigenvalue weighted by Crippen LogP contribution is -2.41. The van der Waals surface area contributed by atoms with Crippen molar-refractivity contribution in [3.05, 3.63) is 0 Å². The number of aliphatic imine (C=N–C) groups is 1. The van der Waals surface area contributed by atoms with Gasteiger partial charge in [0.1, 0.15) is 0 Å². The van der Waals surface area contributed by atoms with E-state index in [0.717, 1.165) is 32.1 Å². The molecule has 0 atom stereocenters. The SMILES string of the molecule is CCN(C)CCNC(=NC)NCCCCSC. The van der Waals surface area contributed by atoms with Crippen LogP contribution in [0.1, 0.15) is 19.8 Å². The third-order valence-corrected chi connectivity index (χ3v) is 3.31. The molecule has 2 N–H and O–H groups in total. The molecule has 17 heavy (non-hydrogen) atoms. The second-order valence-electron chi connectivity index (χ2n) is 4.02. The molecule has 0 heterocycles. The quantitative estimate of drug-likeness (QED) is 0.372. The van der Waals surface area contributed by atoms with Gasteiger partial charge in [-0.25, -0.2) is 0 Å². The minimum absolute atomic E-state index is 0.915.